The van der Waals surface area contributed by atoms with Gasteiger partial charge in [0.25, 0.3) is 0 Å². The molecular formula is C11H7IO2S. The number of carbonyl (C=O) groups is 1. The zero-order chi connectivity index (χ0) is 10.8. The summed E-state index contributed by atoms with van der Waals surface area (Å²) in [5.41, 5.74) is 2.12. The van der Waals surface area contributed by atoms with Crippen LogP contribution in [0.2, 0.25) is 0 Å². The molecule has 0 aliphatic heterocycles. The van der Waals surface area contributed by atoms with E-state index in [2.05, 4.69) is 22.6 Å². The van der Waals surface area contributed by atoms with Crippen LogP contribution in [0.25, 0.3) is 11.1 Å². The van der Waals surface area contributed by atoms with Crippen LogP contribution in [0, 0.1) is 3.57 Å². The van der Waals surface area contributed by atoms with E-state index < -0.39 is 5.97 Å². The van der Waals surface area contributed by atoms with Crippen molar-refractivity contribution in [2.45, 2.75) is 0 Å². The van der Waals surface area contributed by atoms with Crippen molar-refractivity contribution in [1.82, 2.24) is 0 Å². The molecule has 0 atom stereocenters. The summed E-state index contributed by atoms with van der Waals surface area (Å²) in [5, 5.41) is 12.5. The summed E-state index contributed by atoms with van der Waals surface area (Å²) in [5.74, 6) is -0.871. The summed E-state index contributed by atoms with van der Waals surface area (Å²) >= 11 is 3.63. The Labute approximate surface area is 105 Å². The number of benzene rings is 1. The van der Waals surface area contributed by atoms with E-state index in [1.165, 1.54) is 11.3 Å². The third kappa shape index (κ3) is 2.21. The van der Waals surface area contributed by atoms with Crippen LogP contribution in [0.4, 0.5) is 0 Å². The molecule has 1 heterocycles. The van der Waals surface area contributed by atoms with Crippen molar-refractivity contribution in [3.63, 3.8) is 0 Å². The topological polar surface area (TPSA) is 37.3 Å². The van der Waals surface area contributed by atoms with Crippen molar-refractivity contribution in [3.05, 3.63) is 44.2 Å². The van der Waals surface area contributed by atoms with Gasteiger partial charge in [0.15, 0.2) is 0 Å². The Hall–Kier alpha value is -0.880. The Morgan fingerprint density at radius 3 is 2.47 bits per heavy atom. The largest absolute Gasteiger partial charge is 0.478 e. The zero-order valence-corrected chi connectivity index (χ0v) is 10.6. The predicted octanol–water partition coefficient (Wildman–Crippen LogP) is 3.72. The van der Waals surface area contributed by atoms with E-state index in [1.807, 2.05) is 29.6 Å². The van der Waals surface area contributed by atoms with Crippen molar-refractivity contribution in [2.24, 2.45) is 0 Å². The molecule has 0 spiro atoms. The number of carboxylic acid groups (broad SMARTS) is 1. The second-order valence-corrected chi connectivity index (χ2v) is 5.00. The molecule has 0 aliphatic carbocycles. The molecule has 1 N–H and O–H groups in total. The second kappa shape index (κ2) is 4.32. The average molecular weight is 330 g/mol. The molecule has 2 rings (SSSR count). The average Bonchev–Trinajstić information content (AvgIpc) is 2.67. The van der Waals surface area contributed by atoms with Crippen molar-refractivity contribution in [2.75, 3.05) is 0 Å². The molecule has 0 saturated carbocycles. The summed E-state index contributed by atoms with van der Waals surface area (Å²) in [7, 11) is 0. The smallest absolute Gasteiger partial charge is 0.337 e. The maximum atomic E-state index is 10.9. The van der Waals surface area contributed by atoms with Gasteiger partial charge in [-0.15, -0.1) is 0 Å². The van der Waals surface area contributed by atoms with E-state index in [0.717, 1.165) is 14.7 Å². The minimum Gasteiger partial charge on any atom is -0.478 e. The summed E-state index contributed by atoms with van der Waals surface area (Å²) in [4.78, 5) is 10.9. The molecule has 0 amide bonds. The van der Waals surface area contributed by atoms with Crippen molar-refractivity contribution in [1.29, 1.82) is 0 Å². The molecular weight excluding hydrogens is 323 g/mol. The highest BCUT2D eigenvalue weighted by Crippen LogP contribution is 2.27. The van der Waals surface area contributed by atoms with E-state index in [-0.39, 0.29) is 0 Å². The number of thiophene rings is 1. The number of rotatable bonds is 2. The number of hydrogen-bond donors (Lipinski definition) is 1. The first-order valence-corrected chi connectivity index (χ1v) is 6.26. The minimum atomic E-state index is -0.871. The minimum absolute atomic E-state index is 0.376. The normalized spacial score (nSPS) is 10.2. The van der Waals surface area contributed by atoms with Gasteiger partial charge in [-0.2, -0.15) is 11.3 Å². The number of aromatic carboxylic acids is 1. The third-order valence-corrected chi connectivity index (χ3v) is 3.51. The van der Waals surface area contributed by atoms with Crippen molar-refractivity contribution in [3.8, 4) is 11.1 Å². The standard InChI is InChI=1S/C11H7IO2S/c12-8-3-1-7(2-4-8)9-5-15-6-10(9)11(13)14/h1-6H,(H,13,14). The molecule has 0 fully saturated rings. The van der Waals surface area contributed by atoms with Crippen LogP contribution in [0.3, 0.4) is 0 Å². The maximum absolute atomic E-state index is 10.9. The first-order chi connectivity index (χ1) is 7.18. The summed E-state index contributed by atoms with van der Waals surface area (Å²) in [6.07, 6.45) is 0. The lowest BCUT2D eigenvalue weighted by Gasteiger charge is -2.00. The van der Waals surface area contributed by atoms with Gasteiger partial charge in [0.1, 0.15) is 0 Å². The fourth-order valence-electron chi connectivity index (χ4n) is 1.32. The lowest BCUT2D eigenvalue weighted by molar-refractivity contribution is 0.0698. The first-order valence-electron chi connectivity index (χ1n) is 4.24. The first kappa shape index (κ1) is 10.6. The molecule has 15 heavy (non-hydrogen) atoms. The highest BCUT2D eigenvalue weighted by Gasteiger charge is 2.12. The summed E-state index contributed by atoms with van der Waals surface area (Å²) < 4.78 is 1.14. The Bertz CT molecular complexity index is 488. The van der Waals surface area contributed by atoms with Crippen molar-refractivity contribution >= 4 is 39.9 Å². The second-order valence-electron chi connectivity index (χ2n) is 3.01. The van der Waals surface area contributed by atoms with E-state index in [9.17, 15) is 4.79 Å². The van der Waals surface area contributed by atoms with Crippen LogP contribution >= 0.6 is 33.9 Å². The molecule has 76 valence electrons. The van der Waals surface area contributed by atoms with Crippen LogP contribution in [0.5, 0.6) is 0 Å². The molecule has 1 aromatic carbocycles. The number of halogens is 1. The Balaban J connectivity index is 2.49. The summed E-state index contributed by atoms with van der Waals surface area (Å²) in [6.45, 7) is 0. The van der Waals surface area contributed by atoms with Gasteiger partial charge in [-0.25, -0.2) is 4.79 Å². The van der Waals surface area contributed by atoms with Gasteiger partial charge in [-0.1, -0.05) is 12.1 Å². The van der Waals surface area contributed by atoms with E-state index >= 15 is 0 Å². The molecule has 0 aliphatic rings. The molecule has 1 aromatic heterocycles. The fraction of sp³-hybridized carbons (Fsp3) is 0. The molecule has 0 saturated heterocycles. The van der Waals surface area contributed by atoms with Gasteiger partial charge < -0.3 is 5.11 Å². The number of carboxylic acids is 1. The lowest BCUT2D eigenvalue weighted by Crippen LogP contribution is -1.95. The van der Waals surface area contributed by atoms with Crippen LogP contribution in [0.1, 0.15) is 10.4 Å². The molecule has 0 radical (unpaired) electrons. The van der Waals surface area contributed by atoms with E-state index in [4.69, 9.17) is 5.11 Å². The van der Waals surface area contributed by atoms with Crippen molar-refractivity contribution < 1.29 is 9.90 Å². The van der Waals surface area contributed by atoms with Crippen LogP contribution < -0.4 is 0 Å². The van der Waals surface area contributed by atoms with Gasteiger partial charge in [0.2, 0.25) is 0 Å². The lowest BCUT2D eigenvalue weighted by atomic mass is 10.1. The Morgan fingerprint density at radius 2 is 1.87 bits per heavy atom. The van der Waals surface area contributed by atoms with E-state index in [1.54, 1.807) is 5.38 Å². The third-order valence-electron chi connectivity index (χ3n) is 2.05. The van der Waals surface area contributed by atoms with Gasteiger partial charge >= 0.3 is 5.97 Å². The van der Waals surface area contributed by atoms with Gasteiger partial charge in [-0.3, -0.25) is 0 Å². The quantitative estimate of drug-likeness (QED) is 0.852. The van der Waals surface area contributed by atoms with Crippen LogP contribution in [-0.4, -0.2) is 11.1 Å². The summed E-state index contributed by atoms with van der Waals surface area (Å²) in [6, 6.07) is 7.82. The van der Waals surface area contributed by atoms with Crippen LogP contribution in [-0.2, 0) is 0 Å². The maximum Gasteiger partial charge on any atom is 0.337 e. The SMILES string of the molecule is O=C(O)c1cscc1-c1ccc(I)cc1. The molecule has 2 nitrogen and oxygen atoms in total. The predicted molar refractivity (Wildman–Crippen MR) is 69.4 cm³/mol. The van der Waals surface area contributed by atoms with Gasteiger partial charge in [-0.05, 0) is 45.7 Å². The van der Waals surface area contributed by atoms with Crippen LogP contribution in [0.15, 0.2) is 35.0 Å². The molecule has 2 aromatic rings. The highest BCUT2D eigenvalue weighted by molar-refractivity contribution is 14.1. The molecule has 0 unspecified atom stereocenters. The fourth-order valence-corrected chi connectivity index (χ4v) is 2.51. The van der Waals surface area contributed by atoms with E-state index in [0.29, 0.717) is 5.56 Å². The van der Waals surface area contributed by atoms with Gasteiger partial charge in [0.05, 0.1) is 5.56 Å². The Morgan fingerprint density at radius 1 is 1.20 bits per heavy atom. The zero-order valence-electron chi connectivity index (χ0n) is 7.61. The Kier molecular flexibility index (Phi) is 3.06. The highest BCUT2D eigenvalue weighted by atomic mass is 127. The molecule has 0 bridgehead atoms. The van der Waals surface area contributed by atoms with Gasteiger partial charge in [0, 0.05) is 14.5 Å². The molecule has 4 heteroatoms. The number of hydrogen-bond acceptors (Lipinski definition) is 2. The monoisotopic (exact) mass is 330 g/mol.